The molecule has 0 atom stereocenters. The van der Waals surface area contributed by atoms with Gasteiger partial charge in [0, 0.05) is 23.6 Å². The molecule has 0 aliphatic carbocycles. The summed E-state index contributed by atoms with van der Waals surface area (Å²) in [6.45, 7) is 0. The topological polar surface area (TPSA) is 60.2 Å². The lowest BCUT2D eigenvalue weighted by molar-refractivity contribution is -0.384. The summed E-state index contributed by atoms with van der Waals surface area (Å²) in [7, 11) is 0. The maximum Gasteiger partial charge on any atom is 0.269 e. The zero-order valence-electron chi connectivity index (χ0n) is 7.98. The lowest BCUT2D eigenvalue weighted by atomic mass is 10.1. The Kier molecular flexibility index (Phi) is 4.24. The number of benzene rings is 1. The molecule has 4 nitrogen and oxygen atoms in total. The minimum atomic E-state index is -0.459. The summed E-state index contributed by atoms with van der Waals surface area (Å²) >= 11 is 5.87. The standard InChI is InChI=1S/C10H10ClNO3/c11-10-5-4-9(12(14)15)7-8(10)3-1-2-6-13/h4-7H,1-3H2. The van der Waals surface area contributed by atoms with Gasteiger partial charge in [0.2, 0.25) is 0 Å². The van der Waals surface area contributed by atoms with E-state index in [9.17, 15) is 14.9 Å². The van der Waals surface area contributed by atoms with Crippen LogP contribution in [0.1, 0.15) is 18.4 Å². The second-order valence-electron chi connectivity index (χ2n) is 3.09. The summed E-state index contributed by atoms with van der Waals surface area (Å²) in [6, 6.07) is 4.33. The molecular weight excluding hydrogens is 218 g/mol. The van der Waals surface area contributed by atoms with Crippen molar-refractivity contribution in [3.05, 3.63) is 38.9 Å². The molecule has 0 saturated carbocycles. The number of nitro benzene ring substituents is 1. The van der Waals surface area contributed by atoms with E-state index < -0.39 is 4.92 Å². The van der Waals surface area contributed by atoms with E-state index in [0.717, 1.165) is 6.29 Å². The number of non-ortho nitro benzene ring substituents is 1. The van der Waals surface area contributed by atoms with Crippen molar-refractivity contribution in [3.63, 3.8) is 0 Å². The van der Waals surface area contributed by atoms with Gasteiger partial charge >= 0.3 is 0 Å². The van der Waals surface area contributed by atoms with Crippen molar-refractivity contribution < 1.29 is 9.72 Å². The minimum Gasteiger partial charge on any atom is -0.303 e. The zero-order valence-corrected chi connectivity index (χ0v) is 8.74. The lowest BCUT2D eigenvalue weighted by Crippen LogP contribution is -1.92. The van der Waals surface area contributed by atoms with Crippen LogP contribution >= 0.6 is 11.6 Å². The van der Waals surface area contributed by atoms with Gasteiger partial charge in [-0.25, -0.2) is 0 Å². The second-order valence-corrected chi connectivity index (χ2v) is 3.50. The zero-order chi connectivity index (χ0) is 11.3. The summed E-state index contributed by atoms with van der Waals surface area (Å²) in [5, 5.41) is 11.0. The van der Waals surface area contributed by atoms with Crippen molar-refractivity contribution in [3.8, 4) is 0 Å². The number of nitrogens with zero attached hydrogens (tertiary/aromatic N) is 1. The van der Waals surface area contributed by atoms with Crippen molar-refractivity contribution in [2.24, 2.45) is 0 Å². The molecule has 0 saturated heterocycles. The SMILES string of the molecule is O=CCCCc1cc([N+](=O)[O-])ccc1Cl. The van der Waals surface area contributed by atoms with Crippen LogP contribution < -0.4 is 0 Å². The third kappa shape index (κ3) is 3.32. The molecule has 5 heteroatoms. The Bertz CT molecular complexity index is 379. The summed E-state index contributed by atoms with van der Waals surface area (Å²) in [5.74, 6) is 0. The van der Waals surface area contributed by atoms with E-state index in [1.807, 2.05) is 0 Å². The molecule has 0 aliphatic rings. The third-order valence-corrected chi connectivity index (χ3v) is 2.38. The number of halogens is 1. The smallest absolute Gasteiger partial charge is 0.269 e. The first-order valence-corrected chi connectivity index (χ1v) is 4.89. The number of hydrogen-bond acceptors (Lipinski definition) is 3. The van der Waals surface area contributed by atoms with Crippen LogP contribution in [0.3, 0.4) is 0 Å². The van der Waals surface area contributed by atoms with Crippen LogP contribution in [-0.4, -0.2) is 11.2 Å². The average Bonchev–Trinajstić information content (AvgIpc) is 2.20. The predicted octanol–water partition coefficient (Wildman–Crippen LogP) is 2.77. The maximum absolute atomic E-state index is 10.5. The van der Waals surface area contributed by atoms with Gasteiger partial charge in [-0.1, -0.05) is 11.6 Å². The number of aldehydes is 1. The highest BCUT2D eigenvalue weighted by molar-refractivity contribution is 6.31. The van der Waals surface area contributed by atoms with E-state index in [1.165, 1.54) is 18.2 Å². The Hall–Kier alpha value is -1.42. The van der Waals surface area contributed by atoms with Gasteiger partial charge in [0.15, 0.2) is 0 Å². The Morgan fingerprint density at radius 2 is 2.20 bits per heavy atom. The van der Waals surface area contributed by atoms with Crippen molar-refractivity contribution in [2.75, 3.05) is 0 Å². The summed E-state index contributed by atoms with van der Waals surface area (Å²) in [6.07, 6.45) is 2.51. The van der Waals surface area contributed by atoms with E-state index in [0.29, 0.717) is 29.8 Å². The highest BCUT2D eigenvalue weighted by Gasteiger charge is 2.09. The molecule has 0 N–H and O–H groups in total. The predicted molar refractivity (Wildman–Crippen MR) is 57.1 cm³/mol. The van der Waals surface area contributed by atoms with Gasteiger partial charge in [0.05, 0.1) is 4.92 Å². The number of carbonyl (C=O) groups excluding carboxylic acids is 1. The van der Waals surface area contributed by atoms with Gasteiger partial charge in [0.1, 0.15) is 6.29 Å². The van der Waals surface area contributed by atoms with Gasteiger partial charge in [0.25, 0.3) is 5.69 Å². The van der Waals surface area contributed by atoms with E-state index in [-0.39, 0.29) is 5.69 Å². The van der Waals surface area contributed by atoms with E-state index in [1.54, 1.807) is 0 Å². The number of carbonyl (C=O) groups is 1. The van der Waals surface area contributed by atoms with Crippen LogP contribution in [0.25, 0.3) is 0 Å². The monoisotopic (exact) mass is 227 g/mol. The minimum absolute atomic E-state index is 0.0282. The Balaban J connectivity index is 2.80. The molecule has 1 rings (SSSR count). The van der Waals surface area contributed by atoms with Crippen LogP contribution in [0.15, 0.2) is 18.2 Å². The Labute approximate surface area is 92.0 Å². The van der Waals surface area contributed by atoms with E-state index >= 15 is 0 Å². The molecule has 0 amide bonds. The highest BCUT2D eigenvalue weighted by Crippen LogP contribution is 2.23. The summed E-state index contributed by atoms with van der Waals surface area (Å²) in [5.41, 5.74) is 0.744. The lowest BCUT2D eigenvalue weighted by Gasteiger charge is -2.02. The van der Waals surface area contributed by atoms with Gasteiger partial charge < -0.3 is 4.79 Å². The second kappa shape index (κ2) is 5.46. The molecule has 0 aromatic heterocycles. The molecule has 1 aromatic carbocycles. The first-order valence-electron chi connectivity index (χ1n) is 4.51. The van der Waals surface area contributed by atoms with Gasteiger partial charge in [-0.15, -0.1) is 0 Å². The normalized spacial score (nSPS) is 9.93. The molecule has 0 fully saturated rings. The van der Waals surface area contributed by atoms with E-state index in [2.05, 4.69) is 0 Å². The Morgan fingerprint density at radius 3 is 2.80 bits per heavy atom. The Morgan fingerprint density at radius 1 is 1.47 bits per heavy atom. The van der Waals surface area contributed by atoms with Gasteiger partial charge in [-0.2, -0.15) is 0 Å². The molecular formula is C10H10ClNO3. The maximum atomic E-state index is 10.5. The largest absolute Gasteiger partial charge is 0.303 e. The average molecular weight is 228 g/mol. The molecule has 0 radical (unpaired) electrons. The molecule has 0 aliphatic heterocycles. The number of nitro groups is 1. The number of aryl methyl sites for hydroxylation is 1. The number of hydrogen-bond donors (Lipinski definition) is 0. The first kappa shape index (κ1) is 11.7. The molecule has 0 unspecified atom stereocenters. The summed E-state index contributed by atoms with van der Waals surface area (Å²) < 4.78 is 0. The van der Waals surface area contributed by atoms with Crippen LogP contribution in [0.2, 0.25) is 5.02 Å². The van der Waals surface area contributed by atoms with Gasteiger partial charge in [-0.3, -0.25) is 10.1 Å². The number of rotatable bonds is 5. The van der Waals surface area contributed by atoms with Crippen molar-refractivity contribution in [1.29, 1.82) is 0 Å². The summed E-state index contributed by atoms with van der Waals surface area (Å²) in [4.78, 5) is 20.2. The van der Waals surface area contributed by atoms with Crippen LogP contribution in [-0.2, 0) is 11.2 Å². The molecule has 80 valence electrons. The molecule has 1 aromatic rings. The van der Waals surface area contributed by atoms with Gasteiger partial charge in [-0.05, 0) is 24.5 Å². The molecule has 0 spiro atoms. The molecule has 0 bridgehead atoms. The van der Waals surface area contributed by atoms with Crippen molar-refractivity contribution in [2.45, 2.75) is 19.3 Å². The fourth-order valence-corrected chi connectivity index (χ4v) is 1.45. The fraction of sp³-hybridized carbons (Fsp3) is 0.300. The molecule has 15 heavy (non-hydrogen) atoms. The van der Waals surface area contributed by atoms with Crippen LogP contribution in [0, 0.1) is 10.1 Å². The van der Waals surface area contributed by atoms with E-state index in [4.69, 9.17) is 11.6 Å². The van der Waals surface area contributed by atoms with Crippen LogP contribution in [0.4, 0.5) is 5.69 Å². The van der Waals surface area contributed by atoms with Crippen LogP contribution in [0.5, 0.6) is 0 Å². The van der Waals surface area contributed by atoms with Crippen molar-refractivity contribution >= 4 is 23.6 Å². The fourth-order valence-electron chi connectivity index (χ4n) is 1.24. The highest BCUT2D eigenvalue weighted by atomic mass is 35.5. The first-order chi connectivity index (χ1) is 7.15. The third-order valence-electron chi connectivity index (χ3n) is 2.01. The number of unbranched alkanes of at least 4 members (excludes halogenated alkanes) is 1. The quantitative estimate of drug-likeness (QED) is 0.336. The molecule has 0 heterocycles. The van der Waals surface area contributed by atoms with Crippen molar-refractivity contribution in [1.82, 2.24) is 0 Å².